The van der Waals surface area contributed by atoms with Crippen molar-refractivity contribution in [2.75, 3.05) is 7.05 Å². The summed E-state index contributed by atoms with van der Waals surface area (Å²) in [4.78, 5) is 16.0. The van der Waals surface area contributed by atoms with E-state index in [-0.39, 0.29) is 5.91 Å². The minimum absolute atomic E-state index is 0.112. The van der Waals surface area contributed by atoms with Gasteiger partial charge in [0, 0.05) is 18.6 Å². The quantitative estimate of drug-likeness (QED) is 0.436. The number of nitrogens with zero attached hydrogens (tertiary/aromatic N) is 3. The monoisotopic (exact) mass is 407 g/mol. The number of aromatic nitrogens is 2. The van der Waals surface area contributed by atoms with Crippen LogP contribution in [0.15, 0.2) is 78.2 Å². The van der Waals surface area contributed by atoms with Crippen molar-refractivity contribution in [2.45, 2.75) is 6.54 Å². The third kappa shape index (κ3) is 3.72. The zero-order chi connectivity index (χ0) is 19.5. The number of amides is 1. The molecule has 2 aromatic heterocycles. The molecule has 0 radical (unpaired) electrons. The molecule has 28 heavy (non-hydrogen) atoms. The number of rotatable bonds is 5. The van der Waals surface area contributed by atoms with Gasteiger partial charge >= 0.3 is 0 Å². The van der Waals surface area contributed by atoms with Crippen LogP contribution in [-0.2, 0) is 6.54 Å². The maximum absolute atomic E-state index is 13.3. The lowest BCUT2D eigenvalue weighted by Crippen LogP contribution is -2.28. The van der Waals surface area contributed by atoms with Crippen molar-refractivity contribution in [2.24, 2.45) is 0 Å². The first-order valence-electron chi connectivity index (χ1n) is 8.82. The Kier molecular flexibility index (Phi) is 5.28. The number of halogens is 1. The lowest BCUT2D eigenvalue weighted by atomic mass is 10.2. The van der Waals surface area contributed by atoms with Gasteiger partial charge in [-0.1, -0.05) is 54.1 Å². The van der Waals surface area contributed by atoms with Crippen molar-refractivity contribution in [3.63, 3.8) is 0 Å². The van der Waals surface area contributed by atoms with Crippen LogP contribution in [0.2, 0.25) is 5.02 Å². The first-order valence-corrected chi connectivity index (χ1v) is 10.1. The molecule has 4 aromatic rings. The molecular weight excluding hydrogens is 390 g/mol. The molecule has 1 amide bonds. The fraction of sp³-hybridized carbons (Fsp3) is 0.0909. The Morgan fingerprint density at radius 1 is 1.07 bits per heavy atom. The number of hydrogen-bond donors (Lipinski definition) is 0. The molecule has 0 aliphatic heterocycles. The molecule has 2 heterocycles. The van der Waals surface area contributed by atoms with Crippen molar-refractivity contribution in [3.05, 3.63) is 94.5 Å². The molecule has 0 aliphatic carbocycles. The average Bonchev–Trinajstić information content (AvgIpc) is 3.39. The first-order chi connectivity index (χ1) is 13.6. The van der Waals surface area contributed by atoms with Crippen LogP contribution in [0.3, 0.4) is 0 Å². The normalized spacial score (nSPS) is 10.8. The van der Waals surface area contributed by atoms with Crippen LogP contribution in [0.4, 0.5) is 0 Å². The number of thiophene rings is 1. The number of benzene rings is 2. The van der Waals surface area contributed by atoms with Gasteiger partial charge in [-0.3, -0.25) is 4.79 Å². The molecule has 0 saturated carbocycles. The van der Waals surface area contributed by atoms with Crippen molar-refractivity contribution in [3.8, 4) is 16.3 Å². The van der Waals surface area contributed by atoms with Crippen molar-refractivity contribution >= 4 is 28.8 Å². The Labute approximate surface area is 172 Å². The summed E-state index contributed by atoms with van der Waals surface area (Å²) in [5.74, 6) is -0.112. The van der Waals surface area contributed by atoms with Crippen molar-refractivity contribution in [1.29, 1.82) is 0 Å². The average molecular weight is 408 g/mol. The largest absolute Gasteiger partial charge is 0.336 e. The second-order valence-corrected chi connectivity index (χ2v) is 7.75. The molecule has 2 aromatic carbocycles. The van der Waals surface area contributed by atoms with Crippen LogP contribution in [0.25, 0.3) is 16.3 Å². The Hall–Kier alpha value is -2.89. The summed E-state index contributed by atoms with van der Waals surface area (Å²) >= 11 is 7.86. The molecule has 0 spiro atoms. The van der Waals surface area contributed by atoms with E-state index in [0.717, 1.165) is 21.8 Å². The Balaban J connectivity index is 1.71. The van der Waals surface area contributed by atoms with E-state index in [0.29, 0.717) is 17.3 Å². The van der Waals surface area contributed by atoms with E-state index in [4.69, 9.17) is 16.7 Å². The third-order valence-corrected chi connectivity index (χ3v) is 5.68. The van der Waals surface area contributed by atoms with E-state index in [9.17, 15) is 4.79 Å². The maximum Gasteiger partial charge on any atom is 0.272 e. The summed E-state index contributed by atoms with van der Waals surface area (Å²) in [6.45, 7) is 0.423. The molecule has 4 nitrogen and oxygen atoms in total. The standard InChI is InChI=1S/C22H18ClN3OS/c1-25(15-16-8-5-6-11-18(16)23)22(27)20-14-19(21-12-7-13-28-21)24-26(20)17-9-3-2-4-10-17/h2-14H,15H2,1H3. The van der Waals surface area contributed by atoms with Gasteiger partial charge in [-0.2, -0.15) is 5.10 Å². The number of para-hydroxylation sites is 1. The van der Waals surface area contributed by atoms with Gasteiger partial charge in [-0.15, -0.1) is 11.3 Å². The second-order valence-electron chi connectivity index (χ2n) is 6.39. The van der Waals surface area contributed by atoms with Gasteiger partial charge in [-0.05, 0) is 41.3 Å². The molecule has 0 unspecified atom stereocenters. The molecule has 0 fully saturated rings. The van der Waals surface area contributed by atoms with Crippen LogP contribution in [0.5, 0.6) is 0 Å². The van der Waals surface area contributed by atoms with Gasteiger partial charge in [0.15, 0.2) is 0 Å². The van der Waals surface area contributed by atoms with Crippen molar-refractivity contribution < 1.29 is 4.79 Å². The summed E-state index contributed by atoms with van der Waals surface area (Å²) < 4.78 is 1.71. The summed E-state index contributed by atoms with van der Waals surface area (Å²) in [7, 11) is 1.78. The molecular formula is C22H18ClN3OS. The molecule has 140 valence electrons. The third-order valence-electron chi connectivity index (χ3n) is 4.41. The van der Waals surface area contributed by atoms with Crippen LogP contribution >= 0.6 is 22.9 Å². The smallest absolute Gasteiger partial charge is 0.272 e. The number of carbonyl (C=O) groups excluding carboxylic acids is 1. The van der Waals surface area contributed by atoms with Crippen LogP contribution in [0, 0.1) is 0 Å². The molecule has 0 aliphatic rings. The Morgan fingerprint density at radius 2 is 1.82 bits per heavy atom. The van der Waals surface area contributed by atoms with Crippen LogP contribution in [0.1, 0.15) is 16.1 Å². The second kappa shape index (κ2) is 8.00. The highest BCUT2D eigenvalue weighted by atomic mass is 35.5. The Bertz CT molecular complexity index is 1090. The highest BCUT2D eigenvalue weighted by Gasteiger charge is 2.21. The van der Waals surface area contributed by atoms with Crippen molar-refractivity contribution in [1.82, 2.24) is 14.7 Å². The van der Waals surface area contributed by atoms with Crippen LogP contribution < -0.4 is 0 Å². The SMILES string of the molecule is CN(Cc1ccccc1Cl)C(=O)c1cc(-c2cccs2)nn1-c1ccccc1. The lowest BCUT2D eigenvalue weighted by molar-refractivity contribution is 0.0776. The lowest BCUT2D eigenvalue weighted by Gasteiger charge is -2.18. The molecule has 4 rings (SSSR count). The fourth-order valence-corrected chi connectivity index (χ4v) is 3.87. The predicted octanol–water partition coefficient (Wildman–Crippen LogP) is 5.53. The van der Waals surface area contributed by atoms with Gasteiger partial charge in [0.2, 0.25) is 0 Å². The minimum Gasteiger partial charge on any atom is -0.336 e. The zero-order valence-electron chi connectivity index (χ0n) is 15.2. The molecule has 0 N–H and O–H groups in total. The van der Waals surface area contributed by atoms with Crippen LogP contribution in [-0.4, -0.2) is 27.6 Å². The first kappa shape index (κ1) is 18.5. The number of hydrogen-bond acceptors (Lipinski definition) is 3. The predicted molar refractivity (Wildman–Crippen MR) is 114 cm³/mol. The van der Waals surface area contributed by atoms with E-state index in [1.54, 1.807) is 28.0 Å². The summed E-state index contributed by atoms with van der Waals surface area (Å²) in [6, 6.07) is 23.1. The topological polar surface area (TPSA) is 38.1 Å². The molecule has 0 atom stereocenters. The highest BCUT2D eigenvalue weighted by molar-refractivity contribution is 7.13. The van der Waals surface area contributed by atoms with Gasteiger partial charge in [0.1, 0.15) is 11.4 Å². The number of carbonyl (C=O) groups is 1. The molecule has 6 heteroatoms. The van der Waals surface area contributed by atoms with E-state index in [2.05, 4.69) is 0 Å². The van der Waals surface area contributed by atoms with E-state index >= 15 is 0 Å². The van der Waals surface area contributed by atoms with E-state index < -0.39 is 0 Å². The van der Waals surface area contributed by atoms with Gasteiger partial charge in [-0.25, -0.2) is 4.68 Å². The maximum atomic E-state index is 13.3. The van der Waals surface area contributed by atoms with E-state index in [1.165, 1.54) is 0 Å². The summed E-state index contributed by atoms with van der Waals surface area (Å²) in [5, 5.41) is 7.36. The van der Waals surface area contributed by atoms with E-state index in [1.807, 2.05) is 78.2 Å². The van der Waals surface area contributed by atoms with Gasteiger partial charge < -0.3 is 4.90 Å². The highest BCUT2D eigenvalue weighted by Crippen LogP contribution is 2.27. The fourth-order valence-electron chi connectivity index (χ4n) is 2.99. The Morgan fingerprint density at radius 3 is 2.54 bits per heavy atom. The molecule has 0 saturated heterocycles. The van der Waals surface area contributed by atoms with Gasteiger partial charge in [0.25, 0.3) is 5.91 Å². The minimum atomic E-state index is -0.112. The summed E-state index contributed by atoms with van der Waals surface area (Å²) in [5.41, 5.74) is 3.06. The molecule has 0 bridgehead atoms. The van der Waals surface area contributed by atoms with Gasteiger partial charge in [0.05, 0.1) is 10.6 Å². The summed E-state index contributed by atoms with van der Waals surface area (Å²) in [6.07, 6.45) is 0. The zero-order valence-corrected chi connectivity index (χ0v) is 16.8.